The Bertz CT molecular complexity index is 523. The van der Waals surface area contributed by atoms with Gasteiger partial charge in [-0.25, -0.2) is 0 Å². The Hall–Kier alpha value is -1.48. The van der Waals surface area contributed by atoms with Gasteiger partial charge in [-0.05, 0) is 42.3 Å². The number of nitrogens with two attached hydrogens (primary N) is 1. The molecule has 0 saturated heterocycles. The molecule has 0 heterocycles. The van der Waals surface area contributed by atoms with Crippen molar-refractivity contribution in [3.8, 4) is 0 Å². The summed E-state index contributed by atoms with van der Waals surface area (Å²) in [7, 11) is 0. The molecule has 2 aromatic carbocycles. The van der Waals surface area contributed by atoms with Gasteiger partial charge in [-0.15, -0.1) is 0 Å². The number of nitrogens with one attached hydrogen (secondary N) is 1. The fraction of sp³-hybridized carbons (Fsp3) is 0.143. The topological polar surface area (TPSA) is 38.0 Å². The van der Waals surface area contributed by atoms with Gasteiger partial charge in [0.05, 0.1) is 11.4 Å². The minimum Gasteiger partial charge on any atom is -0.397 e. The first kappa shape index (κ1) is 12.0. The van der Waals surface area contributed by atoms with Crippen molar-refractivity contribution in [1.82, 2.24) is 0 Å². The van der Waals surface area contributed by atoms with Crippen molar-refractivity contribution in [1.29, 1.82) is 0 Å². The van der Waals surface area contributed by atoms with E-state index in [9.17, 15) is 0 Å². The summed E-state index contributed by atoms with van der Waals surface area (Å²) in [5.41, 5.74) is 10.1. The summed E-state index contributed by atoms with van der Waals surface area (Å²) >= 11 is 3.46. The summed E-state index contributed by atoms with van der Waals surface area (Å²) in [4.78, 5) is 0. The highest BCUT2D eigenvalue weighted by atomic mass is 79.9. The zero-order chi connectivity index (χ0) is 12.3. The zero-order valence-corrected chi connectivity index (χ0v) is 11.3. The van der Waals surface area contributed by atoms with Crippen LogP contribution in [0.1, 0.15) is 11.1 Å². The van der Waals surface area contributed by atoms with Crippen LogP contribution >= 0.6 is 15.9 Å². The van der Waals surface area contributed by atoms with E-state index in [0.717, 1.165) is 22.4 Å². The van der Waals surface area contributed by atoms with Crippen LogP contribution in [0.25, 0.3) is 0 Å². The molecule has 2 nitrogen and oxygen atoms in total. The molecule has 0 aromatic heterocycles. The predicted molar refractivity (Wildman–Crippen MR) is 77.1 cm³/mol. The minimum atomic E-state index is 0.771. The summed E-state index contributed by atoms with van der Waals surface area (Å²) in [6.07, 6.45) is 0. The van der Waals surface area contributed by atoms with Crippen molar-refractivity contribution in [3.05, 3.63) is 58.1 Å². The third-order valence-corrected chi connectivity index (χ3v) is 3.07. The van der Waals surface area contributed by atoms with Crippen LogP contribution in [0.15, 0.2) is 46.9 Å². The minimum absolute atomic E-state index is 0.771. The summed E-state index contributed by atoms with van der Waals surface area (Å²) < 4.78 is 1.09. The third kappa shape index (κ3) is 3.24. The molecule has 0 aliphatic carbocycles. The second kappa shape index (κ2) is 5.23. The lowest BCUT2D eigenvalue weighted by Gasteiger charge is -2.10. The summed E-state index contributed by atoms with van der Waals surface area (Å²) in [5, 5.41) is 3.35. The molecule has 0 amide bonds. The Balaban J connectivity index is 2.09. The molecular weight excluding hydrogens is 276 g/mol. The Morgan fingerprint density at radius 3 is 2.76 bits per heavy atom. The lowest BCUT2D eigenvalue weighted by Crippen LogP contribution is -2.02. The lowest BCUT2D eigenvalue weighted by molar-refractivity contribution is 1.14. The van der Waals surface area contributed by atoms with Crippen LogP contribution in [0.2, 0.25) is 0 Å². The van der Waals surface area contributed by atoms with E-state index in [4.69, 9.17) is 5.73 Å². The molecule has 0 unspecified atom stereocenters. The standard InChI is InChI=1S/C14H15BrN2/c1-10-5-6-13(16)14(7-10)17-9-11-3-2-4-12(15)8-11/h2-8,17H,9,16H2,1H3. The largest absolute Gasteiger partial charge is 0.397 e. The van der Waals surface area contributed by atoms with Crippen LogP contribution in [0.5, 0.6) is 0 Å². The molecule has 0 radical (unpaired) electrons. The highest BCUT2D eigenvalue weighted by Crippen LogP contribution is 2.21. The number of rotatable bonds is 3. The van der Waals surface area contributed by atoms with Gasteiger partial charge < -0.3 is 11.1 Å². The number of halogens is 1. The molecule has 0 aliphatic heterocycles. The van der Waals surface area contributed by atoms with E-state index in [0.29, 0.717) is 0 Å². The molecule has 2 rings (SSSR count). The van der Waals surface area contributed by atoms with Crippen LogP contribution in [0.3, 0.4) is 0 Å². The van der Waals surface area contributed by atoms with Crippen LogP contribution in [0, 0.1) is 6.92 Å². The molecule has 0 fully saturated rings. The normalized spacial score (nSPS) is 10.2. The van der Waals surface area contributed by atoms with E-state index in [-0.39, 0.29) is 0 Å². The molecule has 0 spiro atoms. The molecule has 3 N–H and O–H groups in total. The predicted octanol–water partition coefficient (Wildman–Crippen LogP) is 3.95. The molecule has 0 bridgehead atoms. The summed E-state index contributed by atoms with van der Waals surface area (Å²) in [6.45, 7) is 2.83. The van der Waals surface area contributed by atoms with Gasteiger partial charge in [-0.2, -0.15) is 0 Å². The number of aryl methyl sites for hydroxylation is 1. The van der Waals surface area contributed by atoms with Crippen molar-refractivity contribution in [2.75, 3.05) is 11.1 Å². The second-order valence-corrected chi connectivity index (χ2v) is 4.99. The van der Waals surface area contributed by atoms with E-state index in [2.05, 4.69) is 46.4 Å². The van der Waals surface area contributed by atoms with E-state index in [1.54, 1.807) is 0 Å². The van der Waals surface area contributed by atoms with E-state index >= 15 is 0 Å². The highest BCUT2D eigenvalue weighted by molar-refractivity contribution is 9.10. The number of benzene rings is 2. The Morgan fingerprint density at radius 1 is 1.18 bits per heavy atom. The van der Waals surface area contributed by atoms with Crippen molar-refractivity contribution in [2.24, 2.45) is 0 Å². The molecular formula is C14H15BrN2. The second-order valence-electron chi connectivity index (χ2n) is 4.07. The van der Waals surface area contributed by atoms with Gasteiger partial charge in [0, 0.05) is 11.0 Å². The average Bonchev–Trinajstić information content (AvgIpc) is 2.30. The van der Waals surface area contributed by atoms with Crippen molar-refractivity contribution < 1.29 is 0 Å². The first-order valence-electron chi connectivity index (χ1n) is 5.49. The van der Waals surface area contributed by atoms with Crippen LogP contribution in [-0.2, 0) is 6.54 Å². The zero-order valence-electron chi connectivity index (χ0n) is 9.70. The maximum Gasteiger partial charge on any atom is 0.0579 e. The fourth-order valence-electron chi connectivity index (χ4n) is 1.67. The molecule has 2 aromatic rings. The van der Waals surface area contributed by atoms with Gasteiger partial charge in [0.15, 0.2) is 0 Å². The Morgan fingerprint density at radius 2 is 2.00 bits per heavy atom. The Labute approximate surface area is 110 Å². The Kier molecular flexibility index (Phi) is 3.69. The van der Waals surface area contributed by atoms with Crippen LogP contribution in [0.4, 0.5) is 11.4 Å². The van der Waals surface area contributed by atoms with Gasteiger partial charge in [0.1, 0.15) is 0 Å². The summed E-state index contributed by atoms with van der Waals surface area (Å²) in [6, 6.07) is 14.2. The van der Waals surface area contributed by atoms with Crippen molar-refractivity contribution in [3.63, 3.8) is 0 Å². The molecule has 0 saturated carbocycles. The average molecular weight is 291 g/mol. The highest BCUT2D eigenvalue weighted by Gasteiger charge is 1.99. The lowest BCUT2D eigenvalue weighted by atomic mass is 10.1. The van der Waals surface area contributed by atoms with Gasteiger partial charge in [-0.1, -0.05) is 34.1 Å². The van der Waals surface area contributed by atoms with E-state index in [1.807, 2.05) is 24.3 Å². The number of hydrogen-bond acceptors (Lipinski definition) is 2. The maximum atomic E-state index is 5.91. The number of nitrogen functional groups attached to an aromatic ring is 1. The molecule has 17 heavy (non-hydrogen) atoms. The van der Waals surface area contributed by atoms with Gasteiger partial charge >= 0.3 is 0 Å². The van der Waals surface area contributed by atoms with Gasteiger partial charge in [-0.3, -0.25) is 0 Å². The first-order valence-corrected chi connectivity index (χ1v) is 6.29. The monoisotopic (exact) mass is 290 g/mol. The molecule has 0 atom stereocenters. The number of anilines is 2. The van der Waals surface area contributed by atoms with E-state index < -0.39 is 0 Å². The van der Waals surface area contributed by atoms with Crippen molar-refractivity contribution >= 4 is 27.3 Å². The van der Waals surface area contributed by atoms with E-state index in [1.165, 1.54) is 11.1 Å². The quantitative estimate of drug-likeness (QED) is 0.840. The number of hydrogen-bond donors (Lipinski definition) is 2. The SMILES string of the molecule is Cc1ccc(N)c(NCc2cccc(Br)c2)c1. The summed E-state index contributed by atoms with van der Waals surface area (Å²) in [5.74, 6) is 0. The first-order chi connectivity index (χ1) is 8.15. The molecule has 3 heteroatoms. The molecule has 0 aliphatic rings. The maximum absolute atomic E-state index is 5.91. The smallest absolute Gasteiger partial charge is 0.0579 e. The van der Waals surface area contributed by atoms with Gasteiger partial charge in [0.2, 0.25) is 0 Å². The van der Waals surface area contributed by atoms with Gasteiger partial charge in [0.25, 0.3) is 0 Å². The fourth-order valence-corrected chi connectivity index (χ4v) is 2.11. The van der Waals surface area contributed by atoms with Crippen LogP contribution < -0.4 is 11.1 Å². The molecule has 88 valence electrons. The van der Waals surface area contributed by atoms with Crippen molar-refractivity contribution in [2.45, 2.75) is 13.5 Å². The van der Waals surface area contributed by atoms with Crippen LogP contribution in [-0.4, -0.2) is 0 Å². The third-order valence-electron chi connectivity index (χ3n) is 2.58.